The minimum atomic E-state index is -0.174. The fourth-order valence-corrected chi connectivity index (χ4v) is 4.54. The number of aryl methyl sites for hydroxylation is 2. The van der Waals surface area contributed by atoms with Crippen LogP contribution in [-0.4, -0.2) is 25.1 Å². The Morgan fingerprint density at radius 3 is 2.65 bits per heavy atom. The minimum absolute atomic E-state index is 0.174. The van der Waals surface area contributed by atoms with Crippen molar-refractivity contribution in [1.29, 1.82) is 0 Å². The van der Waals surface area contributed by atoms with Gasteiger partial charge in [-0.25, -0.2) is 0 Å². The summed E-state index contributed by atoms with van der Waals surface area (Å²) in [4.78, 5) is 15.0. The molecule has 0 saturated carbocycles. The molecule has 1 N–H and O–H groups in total. The molecule has 0 unspecified atom stereocenters. The van der Waals surface area contributed by atoms with Crippen LogP contribution in [0.15, 0.2) is 36.5 Å². The first kappa shape index (κ1) is 17.0. The molecule has 0 spiro atoms. The molecule has 0 aliphatic rings. The molecule has 0 atom stereocenters. The van der Waals surface area contributed by atoms with E-state index in [0.29, 0.717) is 10.6 Å². The number of rotatable bonds is 4. The number of anilines is 1. The van der Waals surface area contributed by atoms with E-state index in [9.17, 15) is 4.79 Å². The second-order valence-corrected chi connectivity index (χ2v) is 8.24. The van der Waals surface area contributed by atoms with Crippen LogP contribution in [0.25, 0.3) is 20.9 Å². The monoisotopic (exact) mass is 399 g/mol. The van der Waals surface area contributed by atoms with Gasteiger partial charge in [0, 0.05) is 4.88 Å². The number of hydrogen-bond donors (Lipinski definition) is 1. The molecule has 26 heavy (non-hydrogen) atoms. The smallest absolute Gasteiger partial charge is 0.269 e. The highest BCUT2D eigenvalue weighted by molar-refractivity contribution is 7.19. The molecule has 0 radical (unpaired) electrons. The Labute approximate surface area is 161 Å². The van der Waals surface area contributed by atoms with Crippen molar-refractivity contribution in [2.45, 2.75) is 13.8 Å². The van der Waals surface area contributed by atoms with Crippen LogP contribution < -0.4 is 5.32 Å². The number of benzene rings is 1. The molecule has 3 aromatic heterocycles. The number of thiophene rings is 1. The second kappa shape index (κ2) is 7.02. The maximum atomic E-state index is 12.3. The first-order valence-electron chi connectivity index (χ1n) is 7.70. The van der Waals surface area contributed by atoms with E-state index in [1.165, 1.54) is 17.1 Å². The lowest BCUT2D eigenvalue weighted by Gasteiger charge is -2.06. The van der Waals surface area contributed by atoms with Gasteiger partial charge in [0.25, 0.3) is 5.91 Å². The van der Waals surface area contributed by atoms with Crippen LogP contribution in [0.2, 0.25) is 0 Å². The van der Waals surface area contributed by atoms with Crippen LogP contribution in [0.3, 0.4) is 0 Å². The summed E-state index contributed by atoms with van der Waals surface area (Å²) in [6, 6.07) is 10.2. The van der Waals surface area contributed by atoms with E-state index in [4.69, 9.17) is 0 Å². The zero-order valence-electron chi connectivity index (χ0n) is 13.9. The summed E-state index contributed by atoms with van der Waals surface area (Å²) < 4.78 is 7.74. The molecule has 0 fully saturated rings. The van der Waals surface area contributed by atoms with Gasteiger partial charge in [0.1, 0.15) is 4.88 Å². The van der Waals surface area contributed by atoms with Gasteiger partial charge in [-0.05, 0) is 71.8 Å². The first-order valence-corrected chi connectivity index (χ1v) is 10.1. The zero-order valence-corrected chi connectivity index (χ0v) is 16.3. The summed E-state index contributed by atoms with van der Waals surface area (Å²) in [7, 11) is 0. The Bertz CT molecular complexity index is 1070. The van der Waals surface area contributed by atoms with E-state index >= 15 is 0 Å². The Morgan fingerprint density at radius 1 is 1.04 bits per heavy atom. The van der Waals surface area contributed by atoms with Gasteiger partial charge in [-0.2, -0.15) is 0 Å². The Kier molecular flexibility index (Phi) is 4.58. The largest absolute Gasteiger partial charge is 0.313 e. The molecular weight excluding hydrogens is 386 g/mol. The summed E-state index contributed by atoms with van der Waals surface area (Å²) in [6.07, 6.45) is 1.77. The third kappa shape index (κ3) is 3.28. The highest BCUT2D eigenvalue weighted by Crippen LogP contribution is 2.36. The van der Waals surface area contributed by atoms with Crippen LogP contribution in [0.1, 0.15) is 20.9 Å². The van der Waals surface area contributed by atoms with Gasteiger partial charge in [0.05, 0.1) is 21.8 Å². The molecule has 6 nitrogen and oxygen atoms in total. The van der Waals surface area contributed by atoms with Crippen molar-refractivity contribution >= 4 is 45.3 Å². The Morgan fingerprint density at radius 2 is 1.92 bits per heavy atom. The van der Waals surface area contributed by atoms with Gasteiger partial charge in [0.2, 0.25) is 0 Å². The normalized spacial score (nSPS) is 10.8. The Hall–Kier alpha value is -2.49. The highest BCUT2D eigenvalue weighted by atomic mass is 32.1. The molecule has 4 rings (SSSR count). The van der Waals surface area contributed by atoms with E-state index in [-0.39, 0.29) is 5.91 Å². The predicted octanol–water partition coefficient (Wildman–Crippen LogP) is 4.65. The SMILES string of the molecule is Cc1ccc(-c2cnns2)cc1-c1ccc(NC(=O)c2snnc2C)s1. The lowest BCUT2D eigenvalue weighted by Crippen LogP contribution is -2.10. The van der Waals surface area contributed by atoms with Crippen molar-refractivity contribution in [3.8, 4) is 20.9 Å². The maximum Gasteiger partial charge on any atom is 0.269 e. The zero-order chi connectivity index (χ0) is 18.1. The van der Waals surface area contributed by atoms with E-state index in [1.54, 1.807) is 24.5 Å². The lowest BCUT2D eigenvalue weighted by atomic mass is 10.0. The third-order valence-electron chi connectivity index (χ3n) is 3.85. The van der Waals surface area contributed by atoms with Crippen LogP contribution in [-0.2, 0) is 0 Å². The number of amides is 1. The molecular formula is C17H13N5OS3. The van der Waals surface area contributed by atoms with Crippen molar-refractivity contribution in [3.05, 3.63) is 52.7 Å². The average Bonchev–Trinajstić information content (AvgIpc) is 3.36. The second-order valence-electron chi connectivity index (χ2n) is 5.62. The van der Waals surface area contributed by atoms with Gasteiger partial charge in [-0.3, -0.25) is 4.79 Å². The number of aromatic nitrogens is 4. The van der Waals surface area contributed by atoms with Gasteiger partial charge in [0.15, 0.2) is 0 Å². The number of nitrogens with one attached hydrogen (secondary N) is 1. The molecule has 0 saturated heterocycles. The number of carbonyl (C=O) groups excluding carboxylic acids is 1. The van der Waals surface area contributed by atoms with E-state index in [2.05, 4.69) is 49.6 Å². The lowest BCUT2D eigenvalue weighted by molar-refractivity contribution is 0.103. The summed E-state index contributed by atoms with van der Waals surface area (Å²) >= 11 is 4.02. The van der Waals surface area contributed by atoms with Gasteiger partial charge >= 0.3 is 0 Å². The predicted molar refractivity (Wildman–Crippen MR) is 106 cm³/mol. The third-order valence-corrected chi connectivity index (χ3v) is 6.42. The van der Waals surface area contributed by atoms with Gasteiger partial charge < -0.3 is 5.32 Å². The fraction of sp³-hybridized carbons (Fsp3) is 0.118. The fourth-order valence-electron chi connectivity index (χ4n) is 2.49. The number of carbonyl (C=O) groups is 1. The van der Waals surface area contributed by atoms with Crippen molar-refractivity contribution in [3.63, 3.8) is 0 Å². The van der Waals surface area contributed by atoms with Crippen LogP contribution in [0.4, 0.5) is 5.00 Å². The van der Waals surface area contributed by atoms with Crippen molar-refractivity contribution < 1.29 is 4.79 Å². The van der Waals surface area contributed by atoms with Crippen LogP contribution in [0, 0.1) is 13.8 Å². The van der Waals surface area contributed by atoms with Crippen LogP contribution >= 0.6 is 34.4 Å². The van der Waals surface area contributed by atoms with E-state index in [0.717, 1.165) is 37.4 Å². The van der Waals surface area contributed by atoms with Crippen molar-refractivity contribution in [2.24, 2.45) is 0 Å². The molecule has 1 aromatic carbocycles. The number of nitrogens with zero attached hydrogens (tertiary/aromatic N) is 4. The standard InChI is InChI=1S/C17H13N5OS3/c1-9-3-4-11(14-8-18-21-25-14)7-12(9)13-5-6-15(24-13)19-17(23)16-10(2)20-22-26-16/h3-8H,1-2H3,(H,19,23). The van der Waals surface area contributed by atoms with E-state index < -0.39 is 0 Å². The van der Waals surface area contributed by atoms with Crippen molar-refractivity contribution in [1.82, 2.24) is 19.2 Å². The van der Waals surface area contributed by atoms with Gasteiger partial charge in [-0.1, -0.05) is 21.1 Å². The first-order chi connectivity index (χ1) is 12.6. The minimum Gasteiger partial charge on any atom is -0.313 e. The van der Waals surface area contributed by atoms with Crippen molar-refractivity contribution in [2.75, 3.05) is 5.32 Å². The number of hydrogen-bond acceptors (Lipinski definition) is 8. The molecule has 130 valence electrons. The van der Waals surface area contributed by atoms with Crippen LogP contribution in [0.5, 0.6) is 0 Å². The summed E-state index contributed by atoms with van der Waals surface area (Å²) in [5, 5.41) is 11.5. The maximum absolute atomic E-state index is 12.3. The molecule has 0 aliphatic heterocycles. The molecule has 3 heterocycles. The Balaban J connectivity index is 1.61. The summed E-state index contributed by atoms with van der Waals surface area (Å²) in [6.45, 7) is 3.86. The quantitative estimate of drug-likeness (QED) is 0.540. The molecule has 0 aliphatic carbocycles. The molecule has 9 heteroatoms. The highest BCUT2D eigenvalue weighted by Gasteiger charge is 2.15. The summed E-state index contributed by atoms with van der Waals surface area (Å²) in [5.41, 5.74) is 4.04. The average molecular weight is 400 g/mol. The molecule has 1 amide bonds. The molecule has 0 bridgehead atoms. The van der Waals surface area contributed by atoms with E-state index in [1.807, 2.05) is 12.1 Å². The molecule has 4 aromatic rings. The van der Waals surface area contributed by atoms with Gasteiger partial charge in [-0.15, -0.1) is 21.5 Å². The summed E-state index contributed by atoms with van der Waals surface area (Å²) in [5.74, 6) is -0.174. The topological polar surface area (TPSA) is 80.7 Å².